The first kappa shape index (κ1) is 28.8. The van der Waals surface area contributed by atoms with Gasteiger partial charge >= 0.3 is 0 Å². The van der Waals surface area contributed by atoms with E-state index >= 15 is 0 Å². The van der Waals surface area contributed by atoms with Crippen LogP contribution in [0, 0.1) is 35.0 Å². The highest BCUT2D eigenvalue weighted by Crippen LogP contribution is 2.35. The molecule has 186 valence electrons. The van der Waals surface area contributed by atoms with Gasteiger partial charge in [-0.05, 0) is 40.0 Å². The second-order valence-corrected chi connectivity index (χ2v) is 7.74. The summed E-state index contributed by atoms with van der Waals surface area (Å²) in [5, 5.41) is 0. The predicted octanol–water partition coefficient (Wildman–Crippen LogP) is 7.44. The maximum atomic E-state index is 14.2. The van der Waals surface area contributed by atoms with Crippen LogP contribution < -0.4 is 0 Å². The predicted molar refractivity (Wildman–Crippen MR) is 114 cm³/mol. The number of halogens is 5. The van der Waals surface area contributed by atoms with E-state index in [0.29, 0.717) is 6.42 Å². The Morgan fingerprint density at radius 2 is 1.03 bits per heavy atom. The SMILES string of the molecule is CCCCCCCCC(CCc1c(F)c(F)c(F)c(F)c1F)C(OCC)(OCC)OCC. The first-order valence-corrected chi connectivity index (χ1v) is 11.7. The molecule has 0 heterocycles. The van der Waals surface area contributed by atoms with Crippen molar-refractivity contribution in [2.24, 2.45) is 5.92 Å². The molecule has 0 aliphatic rings. The fraction of sp³-hybridized carbons (Fsp3) is 0.750. The largest absolute Gasteiger partial charge is 0.328 e. The Bertz CT molecular complexity index is 638. The summed E-state index contributed by atoms with van der Waals surface area (Å²) in [5.74, 6) is -11.5. The van der Waals surface area contributed by atoms with Crippen LogP contribution >= 0.6 is 0 Å². The molecule has 32 heavy (non-hydrogen) atoms. The van der Waals surface area contributed by atoms with Crippen LogP contribution in [0.15, 0.2) is 0 Å². The molecule has 0 aliphatic carbocycles. The van der Waals surface area contributed by atoms with Crippen LogP contribution in [0.25, 0.3) is 0 Å². The van der Waals surface area contributed by atoms with E-state index in [2.05, 4.69) is 6.92 Å². The van der Waals surface area contributed by atoms with Crippen molar-refractivity contribution in [1.29, 1.82) is 0 Å². The fourth-order valence-corrected chi connectivity index (χ4v) is 3.94. The van der Waals surface area contributed by atoms with Crippen molar-refractivity contribution in [3.63, 3.8) is 0 Å². The molecule has 0 saturated heterocycles. The minimum atomic E-state index is -2.15. The van der Waals surface area contributed by atoms with Crippen molar-refractivity contribution >= 4 is 0 Å². The van der Waals surface area contributed by atoms with E-state index in [9.17, 15) is 22.0 Å². The summed E-state index contributed by atoms with van der Waals surface area (Å²) in [6, 6.07) is 0. The minimum absolute atomic E-state index is 0.0767. The molecule has 0 N–H and O–H groups in total. The topological polar surface area (TPSA) is 27.7 Å². The van der Waals surface area contributed by atoms with E-state index in [-0.39, 0.29) is 32.7 Å². The quantitative estimate of drug-likeness (QED) is 0.0782. The molecular weight excluding hydrogens is 431 g/mol. The normalized spacial score (nSPS) is 13.0. The first-order chi connectivity index (χ1) is 15.3. The van der Waals surface area contributed by atoms with Crippen molar-refractivity contribution in [1.82, 2.24) is 0 Å². The lowest BCUT2D eigenvalue weighted by molar-refractivity contribution is -0.403. The van der Waals surface area contributed by atoms with Crippen LogP contribution in [-0.2, 0) is 20.6 Å². The highest BCUT2D eigenvalue weighted by molar-refractivity contribution is 5.24. The fourth-order valence-electron chi connectivity index (χ4n) is 3.94. The van der Waals surface area contributed by atoms with E-state index in [1.165, 1.54) is 0 Å². The van der Waals surface area contributed by atoms with Gasteiger partial charge in [0.15, 0.2) is 23.3 Å². The molecule has 3 nitrogen and oxygen atoms in total. The minimum Gasteiger partial charge on any atom is -0.328 e. The van der Waals surface area contributed by atoms with E-state index < -0.39 is 46.5 Å². The second-order valence-electron chi connectivity index (χ2n) is 7.74. The zero-order valence-electron chi connectivity index (χ0n) is 19.7. The Morgan fingerprint density at radius 3 is 1.50 bits per heavy atom. The Kier molecular flexibility index (Phi) is 13.3. The molecule has 1 unspecified atom stereocenters. The molecule has 1 rings (SSSR count). The molecule has 8 heteroatoms. The molecule has 1 aromatic carbocycles. The number of hydrogen-bond acceptors (Lipinski definition) is 3. The standard InChI is InChI=1S/C24H37F5O3/c1-5-9-10-11-12-13-14-17(24(30-6-2,31-7-3)32-8-4)15-16-18-19(25)21(27)23(29)22(28)20(18)26/h17H,5-16H2,1-4H3. The third-order valence-corrected chi connectivity index (χ3v) is 5.49. The summed E-state index contributed by atoms with van der Waals surface area (Å²) in [4.78, 5) is 0. The molecule has 1 aromatic rings. The lowest BCUT2D eigenvalue weighted by Crippen LogP contribution is -2.47. The summed E-state index contributed by atoms with van der Waals surface area (Å²) in [7, 11) is 0. The van der Waals surface area contributed by atoms with Gasteiger partial charge in [0.1, 0.15) is 0 Å². The van der Waals surface area contributed by atoms with Gasteiger partial charge in [0.05, 0.1) is 0 Å². The van der Waals surface area contributed by atoms with Crippen LogP contribution in [0.2, 0.25) is 0 Å². The highest BCUT2D eigenvalue weighted by atomic mass is 19.2. The molecule has 0 radical (unpaired) electrons. The summed E-state index contributed by atoms with van der Waals surface area (Å²) in [6.07, 6.45) is 6.52. The van der Waals surface area contributed by atoms with Gasteiger partial charge in [0.25, 0.3) is 5.97 Å². The second kappa shape index (κ2) is 14.8. The van der Waals surface area contributed by atoms with Crippen LogP contribution in [0.1, 0.15) is 84.6 Å². The molecule has 0 spiro atoms. The summed E-state index contributed by atoms with van der Waals surface area (Å²) in [5.41, 5.74) is -0.826. The number of rotatable bonds is 17. The van der Waals surface area contributed by atoms with Gasteiger partial charge in [-0.15, -0.1) is 0 Å². The number of benzene rings is 1. The molecule has 0 amide bonds. The molecule has 0 bridgehead atoms. The molecular formula is C24H37F5O3. The maximum Gasteiger partial charge on any atom is 0.285 e. The lowest BCUT2D eigenvalue weighted by Gasteiger charge is -2.39. The van der Waals surface area contributed by atoms with Gasteiger partial charge in [0, 0.05) is 31.3 Å². The van der Waals surface area contributed by atoms with Gasteiger partial charge in [-0.1, -0.05) is 45.4 Å². The Morgan fingerprint density at radius 1 is 0.594 bits per heavy atom. The van der Waals surface area contributed by atoms with Crippen LogP contribution in [0.5, 0.6) is 0 Å². The lowest BCUT2D eigenvalue weighted by atomic mass is 9.90. The molecule has 1 atom stereocenters. The van der Waals surface area contributed by atoms with Crippen molar-refractivity contribution in [2.75, 3.05) is 19.8 Å². The van der Waals surface area contributed by atoms with Crippen molar-refractivity contribution in [2.45, 2.75) is 91.5 Å². The zero-order chi connectivity index (χ0) is 24.1. The Hall–Kier alpha value is -1.25. The van der Waals surface area contributed by atoms with Gasteiger partial charge in [-0.3, -0.25) is 0 Å². The van der Waals surface area contributed by atoms with Gasteiger partial charge in [-0.2, -0.15) is 0 Å². The zero-order valence-corrected chi connectivity index (χ0v) is 19.7. The Labute approximate surface area is 188 Å². The van der Waals surface area contributed by atoms with Crippen LogP contribution in [-0.4, -0.2) is 25.8 Å². The van der Waals surface area contributed by atoms with Gasteiger partial charge < -0.3 is 14.2 Å². The molecule has 0 aliphatic heterocycles. The van der Waals surface area contributed by atoms with Crippen molar-refractivity contribution in [3.05, 3.63) is 34.6 Å². The maximum absolute atomic E-state index is 14.2. The van der Waals surface area contributed by atoms with Crippen LogP contribution in [0.3, 0.4) is 0 Å². The monoisotopic (exact) mass is 468 g/mol. The van der Waals surface area contributed by atoms with Crippen molar-refractivity contribution < 1.29 is 36.2 Å². The molecule has 0 aromatic heterocycles. The van der Waals surface area contributed by atoms with E-state index in [0.717, 1.165) is 38.5 Å². The number of unbranched alkanes of at least 4 members (excludes halogenated alkanes) is 5. The third-order valence-electron chi connectivity index (χ3n) is 5.49. The summed E-state index contributed by atoms with van der Waals surface area (Å²) >= 11 is 0. The average Bonchev–Trinajstić information content (AvgIpc) is 2.77. The van der Waals surface area contributed by atoms with E-state index in [1.54, 1.807) is 20.8 Å². The average molecular weight is 469 g/mol. The first-order valence-electron chi connectivity index (χ1n) is 11.7. The van der Waals surface area contributed by atoms with Gasteiger partial charge in [0.2, 0.25) is 5.82 Å². The molecule has 0 fully saturated rings. The van der Waals surface area contributed by atoms with E-state index in [1.807, 2.05) is 0 Å². The van der Waals surface area contributed by atoms with Crippen LogP contribution in [0.4, 0.5) is 22.0 Å². The van der Waals surface area contributed by atoms with Gasteiger partial charge in [-0.25, -0.2) is 22.0 Å². The molecule has 0 saturated carbocycles. The smallest absolute Gasteiger partial charge is 0.285 e. The summed E-state index contributed by atoms with van der Waals surface area (Å²) < 4.78 is 86.6. The van der Waals surface area contributed by atoms with Crippen molar-refractivity contribution in [3.8, 4) is 0 Å². The number of ether oxygens (including phenoxy) is 3. The number of hydrogen-bond donors (Lipinski definition) is 0. The highest BCUT2D eigenvalue weighted by Gasteiger charge is 2.42. The third kappa shape index (κ3) is 7.66. The van der Waals surface area contributed by atoms with E-state index in [4.69, 9.17) is 14.2 Å². The summed E-state index contributed by atoms with van der Waals surface area (Å²) in [6.45, 7) is 8.28. The Balaban J connectivity index is 3.12.